The normalized spacial score (nSPS) is 17.3. The average molecular weight is 776 g/mol. The van der Waals surface area contributed by atoms with Crippen LogP contribution in [0.15, 0.2) is 60.7 Å². The number of hydrogen-bond acceptors (Lipinski definition) is 7. The summed E-state index contributed by atoms with van der Waals surface area (Å²) in [6.45, 7) is 15.3. The highest BCUT2D eigenvalue weighted by Gasteiger charge is 2.38. The van der Waals surface area contributed by atoms with Gasteiger partial charge in [-0.1, -0.05) is 48.5 Å². The predicted molar refractivity (Wildman–Crippen MR) is 236 cm³/mol. The fraction of sp³-hybridized carbons (Fsp3) is 0.520. The number of piperidine rings is 1. The molecular formula is C50H69N3O4. The molecule has 4 aliphatic rings. The number of aryl methyl sites for hydroxylation is 4. The highest BCUT2D eigenvalue weighted by atomic mass is 16.5. The molecule has 7 heteroatoms. The quantitative estimate of drug-likeness (QED) is 0.205. The molecule has 0 atom stereocenters. The van der Waals surface area contributed by atoms with Gasteiger partial charge in [-0.25, -0.2) is 0 Å². The smallest absolute Gasteiger partial charge is 0.127 e. The molecule has 4 aromatic rings. The Balaban J connectivity index is 1.30. The van der Waals surface area contributed by atoms with Gasteiger partial charge in [-0.3, -0.25) is 0 Å². The first-order valence-electron chi connectivity index (χ1n) is 21.4. The monoisotopic (exact) mass is 776 g/mol. The molecule has 4 aliphatic heterocycles. The van der Waals surface area contributed by atoms with E-state index in [0.29, 0.717) is 26.4 Å². The van der Waals surface area contributed by atoms with E-state index < -0.39 is 0 Å². The minimum Gasteiger partial charge on any atom is -0.493 e. The van der Waals surface area contributed by atoms with Gasteiger partial charge in [0.05, 0.1) is 26.4 Å². The van der Waals surface area contributed by atoms with Crippen LogP contribution in [0.4, 0.5) is 0 Å². The summed E-state index contributed by atoms with van der Waals surface area (Å²) in [5.41, 5.74) is 12.4. The predicted octanol–water partition coefficient (Wildman–Crippen LogP) is 10.3. The van der Waals surface area contributed by atoms with Crippen molar-refractivity contribution in [3.8, 4) is 34.1 Å². The SMILES string of the molecule is Cc1cc2cc(C)c1OCCCCCOc1cccc(CN(C)C)c1-c1c(CN(C)C)cccc1OCCCCCOc1c(C)cc(cc1C)C21CCN(C)CC1. The standard InChI is InChI=1S/C50H69N3O4/c1-36-30-42-31-37(2)48(36)56-28-14-10-12-26-54-44-20-16-18-40(34-51(5)6)46(44)47-41(35-52(7)8)19-17-21-45(47)55-27-13-11-15-29-57-49-38(3)32-43(33-39(49)4)50(42)22-24-53(9)25-23-50/h16-21,30-33H,10-15,22-29,34-35H2,1-9H3. The van der Waals surface area contributed by atoms with Crippen molar-refractivity contribution in [1.82, 2.24) is 14.7 Å². The van der Waals surface area contributed by atoms with Crippen LogP contribution >= 0.6 is 0 Å². The molecule has 1 spiro atoms. The second kappa shape index (κ2) is 19.6. The zero-order valence-electron chi connectivity index (χ0n) is 36.6. The molecule has 0 aromatic heterocycles. The van der Waals surface area contributed by atoms with E-state index in [1.165, 1.54) is 44.5 Å². The number of rotatable bonds is 4. The van der Waals surface area contributed by atoms with Crippen LogP contribution in [-0.2, 0) is 18.5 Å². The van der Waals surface area contributed by atoms with Crippen LogP contribution in [0.25, 0.3) is 11.1 Å². The first kappa shape index (κ1) is 42.6. The zero-order chi connectivity index (χ0) is 40.5. The molecule has 0 amide bonds. The Labute approximate surface area is 344 Å². The Morgan fingerprint density at radius 2 is 0.895 bits per heavy atom. The van der Waals surface area contributed by atoms with Crippen molar-refractivity contribution in [2.75, 3.05) is 74.8 Å². The molecule has 308 valence electrons. The molecule has 57 heavy (non-hydrogen) atoms. The molecule has 7 nitrogen and oxygen atoms in total. The van der Waals surface area contributed by atoms with Crippen molar-refractivity contribution in [2.45, 2.75) is 97.6 Å². The summed E-state index contributed by atoms with van der Waals surface area (Å²) in [7, 11) is 10.8. The molecule has 0 saturated carbocycles. The summed E-state index contributed by atoms with van der Waals surface area (Å²) in [4.78, 5) is 6.92. The van der Waals surface area contributed by atoms with Crippen molar-refractivity contribution < 1.29 is 18.9 Å². The summed E-state index contributed by atoms with van der Waals surface area (Å²) in [5, 5.41) is 0. The summed E-state index contributed by atoms with van der Waals surface area (Å²) in [5.74, 6) is 3.90. The van der Waals surface area contributed by atoms with E-state index >= 15 is 0 Å². The van der Waals surface area contributed by atoms with Crippen LogP contribution in [0.3, 0.4) is 0 Å². The van der Waals surface area contributed by atoms with Gasteiger partial charge in [-0.2, -0.15) is 0 Å². The third kappa shape index (κ3) is 10.3. The average Bonchev–Trinajstić information content (AvgIpc) is 3.15. The summed E-state index contributed by atoms with van der Waals surface area (Å²) >= 11 is 0. The van der Waals surface area contributed by atoms with Gasteiger partial charge in [0, 0.05) is 29.6 Å². The molecule has 0 aliphatic carbocycles. The lowest BCUT2D eigenvalue weighted by Crippen LogP contribution is -2.41. The third-order valence-electron chi connectivity index (χ3n) is 11.9. The van der Waals surface area contributed by atoms with Crippen molar-refractivity contribution in [3.05, 3.63) is 105 Å². The van der Waals surface area contributed by atoms with E-state index in [-0.39, 0.29) is 5.41 Å². The topological polar surface area (TPSA) is 46.6 Å². The van der Waals surface area contributed by atoms with E-state index in [2.05, 4.69) is 138 Å². The number of benzene rings is 4. The Morgan fingerprint density at radius 1 is 0.526 bits per heavy atom. The van der Waals surface area contributed by atoms with Gasteiger partial charge >= 0.3 is 0 Å². The van der Waals surface area contributed by atoms with Crippen LogP contribution in [0.1, 0.15) is 95.9 Å². The lowest BCUT2D eigenvalue weighted by molar-refractivity contribution is 0.212. The number of nitrogens with zero attached hydrogens (tertiary/aromatic N) is 3. The maximum atomic E-state index is 6.69. The second-order valence-electron chi connectivity index (χ2n) is 17.3. The highest BCUT2D eigenvalue weighted by molar-refractivity contribution is 5.81. The Bertz CT molecular complexity index is 1770. The van der Waals surface area contributed by atoms with E-state index in [0.717, 1.165) is 112 Å². The molecule has 0 unspecified atom stereocenters. The number of likely N-dealkylation sites (tertiary alicyclic amines) is 1. The van der Waals surface area contributed by atoms with Gasteiger partial charge in [-0.15, -0.1) is 0 Å². The molecule has 4 heterocycles. The molecule has 0 radical (unpaired) electrons. The first-order valence-corrected chi connectivity index (χ1v) is 21.4. The molecule has 8 rings (SSSR count). The van der Waals surface area contributed by atoms with E-state index in [4.69, 9.17) is 18.9 Å². The Morgan fingerprint density at radius 3 is 1.26 bits per heavy atom. The van der Waals surface area contributed by atoms with Gasteiger partial charge in [0.2, 0.25) is 0 Å². The Hall–Kier alpha value is -4.04. The minimum atomic E-state index is -0.0456. The van der Waals surface area contributed by atoms with Crippen LogP contribution in [0.2, 0.25) is 0 Å². The van der Waals surface area contributed by atoms with E-state index in [1.54, 1.807) is 0 Å². The summed E-state index contributed by atoms with van der Waals surface area (Å²) in [6, 6.07) is 22.6. The van der Waals surface area contributed by atoms with Gasteiger partial charge < -0.3 is 33.6 Å². The largest absolute Gasteiger partial charge is 0.493 e. The van der Waals surface area contributed by atoms with Crippen molar-refractivity contribution in [1.29, 1.82) is 0 Å². The lowest BCUT2D eigenvalue weighted by Gasteiger charge is -2.42. The Kier molecular flexibility index (Phi) is 14.6. The van der Waals surface area contributed by atoms with E-state index in [1.807, 2.05) is 0 Å². The number of ether oxygens (including phenoxy) is 4. The fourth-order valence-corrected chi connectivity index (χ4v) is 9.03. The van der Waals surface area contributed by atoms with E-state index in [9.17, 15) is 0 Å². The molecule has 4 bridgehead atoms. The third-order valence-corrected chi connectivity index (χ3v) is 11.9. The zero-order valence-corrected chi connectivity index (χ0v) is 36.6. The highest BCUT2D eigenvalue weighted by Crippen LogP contribution is 2.46. The second-order valence-corrected chi connectivity index (χ2v) is 17.3. The number of fused-ring (bicyclic) bond motifs is 2. The lowest BCUT2D eigenvalue weighted by atomic mass is 9.67. The molecule has 0 N–H and O–H groups in total. The molecule has 4 aromatic carbocycles. The van der Waals surface area contributed by atoms with Gasteiger partial charge in [0.1, 0.15) is 23.0 Å². The fourth-order valence-electron chi connectivity index (χ4n) is 9.03. The van der Waals surface area contributed by atoms with Crippen molar-refractivity contribution in [2.24, 2.45) is 0 Å². The number of hydrogen-bond donors (Lipinski definition) is 0. The summed E-state index contributed by atoms with van der Waals surface area (Å²) in [6.07, 6.45) is 8.11. The first-order chi connectivity index (χ1) is 27.5. The van der Waals surface area contributed by atoms with Crippen LogP contribution in [-0.4, -0.2) is 89.5 Å². The van der Waals surface area contributed by atoms with Gasteiger partial charge in [0.25, 0.3) is 0 Å². The molecule has 1 saturated heterocycles. The van der Waals surface area contributed by atoms with Crippen molar-refractivity contribution >= 4 is 0 Å². The molecular weight excluding hydrogens is 707 g/mol. The van der Waals surface area contributed by atoms with Gasteiger partial charge in [0.15, 0.2) is 0 Å². The van der Waals surface area contributed by atoms with Crippen LogP contribution in [0, 0.1) is 27.7 Å². The molecule has 1 fully saturated rings. The minimum absolute atomic E-state index is 0.0456. The van der Waals surface area contributed by atoms with Crippen LogP contribution < -0.4 is 18.9 Å². The maximum absolute atomic E-state index is 6.69. The van der Waals surface area contributed by atoms with Crippen molar-refractivity contribution in [3.63, 3.8) is 0 Å². The van der Waals surface area contributed by atoms with Crippen LogP contribution in [0.5, 0.6) is 23.0 Å². The maximum Gasteiger partial charge on any atom is 0.127 e. The van der Waals surface area contributed by atoms with Gasteiger partial charge in [-0.05, 0) is 184 Å². The summed E-state index contributed by atoms with van der Waals surface area (Å²) < 4.78 is 26.5.